The van der Waals surface area contributed by atoms with Crippen LogP contribution in [0.1, 0.15) is 6.92 Å². The Morgan fingerprint density at radius 3 is 2.38 bits per heavy atom. The standard InChI is InChI=1S/C5H5O3/c1-4(3-6)8-5(2)7/h1H2,2H3. The Balaban J connectivity index is 3.55. The van der Waals surface area contributed by atoms with Gasteiger partial charge in [-0.25, -0.2) is 0 Å². The predicted molar refractivity (Wildman–Crippen MR) is 26.6 cm³/mol. The molecule has 0 saturated carbocycles. The molecule has 0 aliphatic rings. The van der Waals surface area contributed by atoms with Gasteiger partial charge in [0.05, 0.1) is 0 Å². The van der Waals surface area contributed by atoms with E-state index in [0.29, 0.717) is 0 Å². The van der Waals surface area contributed by atoms with Crippen LogP contribution >= 0.6 is 0 Å². The Hall–Kier alpha value is -1.12. The molecule has 0 spiro atoms. The third kappa shape index (κ3) is 3.08. The van der Waals surface area contributed by atoms with E-state index in [-0.39, 0.29) is 5.76 Å². The van der Waals surface area contributed by atoms with E-state index in [1.54, 1.807) is 0 Å². The normalized spacial score (nSPS) is 7.62. The van der Waals surface area contributed by atoms with Crippen LogP contribution in [0, 0.1) is 0 Å². The zero-order valence-electron chi connectivity index (χ0n) is 4.43. The molecule has 0 aromatic heterocycles. The topological polar surface area (TPSA) is 43.4 Å². The van der Waals surface area contributed by atoms with Gasteiger partial charge in [0.15, 0.2) is 5.76 Å². The first-order valence-corrected chi connectivity index (χ1v) is 1.92. The SMILES string of the molecule is C=C([C]=O)OC(C)=O. The molecule has 0 fully saturated rings. The second-order valence-corrected chi connectivity index (χ2v) is 1.12. The van der Waals surface area contributed by atoms with Crippen molar-refractivity contribution in [2.24, 2.45) is 0 Å². The van der Waals surface area contributed by atoms with Crippen LogP contribution in [0.3, 0.4) is 0 Å². The minimum Gasteiger partial charge on any atom is -0.423 e. The maximum Gasteiger partial charge on any atom is 0.308 e. The van der Waals surface area contributed by atoms with E-state index in [0.717, 1.165) is 0 Å². The van der Waals surface area contributed by atoms with E-state index < -0.39 is 5.97 Å². The third-order valence-corrected chi connectivity index (χ3v) is 0.381. The Morgan fingerprint density at radius 2 is 2.25 bits per heavy atom. The lowest BCUT2D eigenvalue weighted by atomic mass is 10.6. The number of hydrogen-bond acceptors (Lipinski definition) is 3. The van der Waals surface area contributed by atoms with Gasteiger partial charge in [-0.1, -0.05) is 6.58 Å². The van der Waals surface area contributed by atoms with Crippen LogP contribution in [-0.2, 0) is 14.3 Å². The monoisotopic (exact) mass is 113 g/mol. The molecule has 8 heavy (non-hydrogen) atoms. The molecule has 3 nitrogen and oxygen atoms in total. The maximum atomic E-state index is 9.95. The number of allylic oxidation sites excluding steroid dienone is 1. The summed E-state index contributed by atoms with van der Waals surface area (Å²) in [6, 6.07) is 0. The van der Waals surface area contributed by atoms with Gasteiger partial charge < -0.3 is 4.74 Å². The molecule has 0 saturated heterocycles. The average molecular weight is 113 g/mol. The second kappa shape index (κ2) is 2.96. The average Bonchev–Trinajstić information content (AvgIpc) is 1.65. The van der Waals surface area contributed by atoms with Crippen molar-refractivity contribution in [2.45, 2.75) is 6.92 Å². The Labute approximate surface area is 46.9 Å². The molecular formula is C5H5O3. The highest BCUT2D eigenvalue weighted by Gasteiger charge is 1.94. The molecule has 1 radical (unpaired) electrons. The number of carbonyl (C=O) groups is 1. The number of carbonyl (C=O) groups excluding carboxylic acids is 2. The molecule has 43 valence electrons. The molecule has 0 heterocycles. The van der Waals surface area contributed by atoms with Crippen molar-refractivity contribution in [3.63, 3.8) is 0 Å². The van der Waals surface area contributed by atoms with Crippen molar-refractivity contribution in [3.8, 4) is 0 Å². The van der Waals surface area contributed by atoms with E-state index in [1.807, 2.05) is 0 Å². The smallest absolute Gasteiger partial charge is 0.308 e. The van der Waals surface area contributed by atoms with Crippen LogP contribution < -0.4 is 0 Å². The molecule has 0 rings (SSSR count). The van der Waals surface area contributed by atoms with E-state index in [2.05, 4.69) is 11.3 Å². The lowest BCUT2D eigenvalue weighted by Gasteiger charge is -1.91. The van der Waals surface area contributed by atoms with Crippen LogP contribution in [0.5, 0.6) is 0 Å². The van der Waals surface area contributed by atoms with E-state index >= 15 is 0 Å². The highest BCUT2D eigenvalue weighted by molar-refractivity contribution is 5.77. The van der Waals surface area contributed by atoms with Crippen molar-refractivity contribution in [3.05, 3.63) is 12.3 Å². The molecule has 0 N–H and O–H groups in total. The second-order valence-electron chi connectivity index (χ2n) is 1.12. The molecule has 0 aromatic carbocycles. The first-order valence-electron chi connectivity index (χ1n) is 1.92. The molecule has 0 aromatic rings. The minimum absolute atomic E-state index is 0.280. The summed E-state index contributed by atoms with van der Waals surface area (Å²) >= 11 is 0. The van der Waals surface area contributed by atoms with Crippen molar-refractivity contribution in [2.75, 3.05) is 0 Å². The van der Waals surface area contributed by atoms with Gasteiger partial charge in [0.25, 0.3) is 6.29 Å². The lowest BCUT2D eigenvalue weighted by Crippen LogP contribution is -1.97. The number of ether oxygens (including phenoxy) is 1. The molecule has 0 aliphatic carbocycles. The summed E-state index contributed by atoms with van der Waals surface area (Å²) in [6.45, 7) is 4.23. The first-order chi connectivity index (χ1) is 3.66. The largest absolute Gasteiger partial charge is 0.423 e. The van der Waals surface area contributed by atoms with Crippen molar-refractivity contribution >= 4 is 12.3 Å². The fourth-order valence-corrected chi connectivity index (χ4v) is 0.194. The quantitative estimate of drug-likeness (QED) is 0.291. The highest BCUT2D eigenvalue weighted by atomic mass is 16.5. The molecule has 0 aliphatic heterocycles. The fraction of sp³-hybridized carbons (Fsp3) is 0.200. The summed E-state index contributed by atoms with van der Waals surface area (Å²) in [7, 11) is 0. The minimum atomic E-state index is -0.557. The summed E-state index contributed by atoms with van der Waals surface area (Å²) in [4.78, 5) is 19.5. The van der Waals surface area contributed by atoms with Crippen LogP contribution in [0.2, 0.25) is 0 Å². The predicted octanol–water partition coefficient (Wildman–Crippen LogP) is 0.173. The van der Waals surface area contributed by atoms with Crippen LogP contribution in [-0.4, -0.2) is 12.3 Å². The van der Waals surface area contributed by atoms with Crippen molar-refractivity contribution < 1.29 is 14.3 Å². The molecule has 0 bridgehead atoms. The zero-order chi connectivity index (χ0) is 6.57. The summed E-state index contributed by atoms with van der Waals surface area (Å²) in [5, 5.41) is 0. The van der Waals surface area contributed by atoms with Crippen LogP contribution in [0.4, 0.5) is 0 Å². The van der Waals surface area contributed by atoms with Gasteiger partial charge in [0, 0.05) is 6.92 Å². The van der Waals surface area contributed by atoms with E-state index in [1.165, 1.54) is 13.2 Å². The Kier molecular flexibility index (Phi) is 2.54. The first kappa shape index (κ1) is 6.88. The Morgan fingerprint density at radius 1 is 1.75 bits per heavy atom. The molecule has 0 amide bonds. The summed E-state index contributed by atoms with van der Waals surface area (Å²) < 4.78 is 4.14. The van der Waals surface area contributed by atoms with Crippen molar-refractivity contribution in [1.29, 1.82) is 0 Å². The molecular weight excluding hydrogens is 108 g/mol. The number of rotatable bonds is 2. The summed E-state index contributed by atoms with van der Waals surface area (Å²) in [5.74, 6) is -0.837. The maximum absolute atomic E-state index is 9.95. The van der Waals surface area contributed by atoms with Crippen LogP contribution in [0.15, 0.2) is 12.3 Å². The van der Waals surface area contributed by atoms with Gasteiger partial charge in [-0.2, -0.15) is 0 Å². The van der Waals surface area contributed by atoms with Crippen LogP contribution in [0.25, 0.3) is 0 Å². The summed E-state index contributed by atoms with van der Waals surface area (Å²) in [6.07, 6.45) is 1.31. The fourth-order valence-electron chi connectivity index (χ4n) is 0.194. The highest BCUT2D eigenvalue weighted by Crippen LogP contribution is 1.86. The molecule has 0 atom stereocenters. The van der Waals surface area contributed by atoms with Gasteiger partial charge in [-0.3, -0.25) is 9.59 Å². The van der Waals surface area contributed by atoms with E-state index in [4.69, 9.17) is 0 Å². The van der Waals surface area contributed by atoms with Gasteiger partial charge in [0.1, 0.15) is 0 Å². The van der Waals surface area contributed by atoms with Gasteiger partial charge in [-0.05, 0) is 0 Å². The van der Waals surface area contributed by atoms with Gasteiger partial charge >= 0.3 is 5.97 Å². The summed E-state index contributed by atoms with van der Waals surface area (Å²) in [5.41, 5.74) is 0. The number of hydrogen-bond donors (Lipinski definition) is 0. The zero-order valence-corrected chi connectivity index (χ0v) is 4.43. The van der Waals surface area contributed by atoms with Gasteiger partial charge in [0.2, 0.25) is 0 Å². The Bertz CT molecular complexity index is 126. The number of esters is 1. The van der Waals surface area contributed by atoms with E-state index in [9.17, 15) is 9.59 Å². The van der Waals surface area contributed by atoms with Crippen molar-refractivity contribution in [1.82, 2.24) is 0 Å². The molecule has 3 heteroatoms. The van der Waals surface area contributed by atoms with Gasteiger partial charge in [-0.15, -0.1) is 0 Å². The lowest BCUT2D eigenvalue weighted by molar-refractivity contribution is -0.136. The third-order valence-electron chi connectivity index (χ3n) is 0.381. The molecule has 0 unspecified atom stereocenters.